The van der Waals surface area contributed by atoms with Crippen molar-refractivity contribution in [3.05, 3.63) is 29.8 Å². The second kappa shape index (κ2) is 6.04. The lowest BCUT2D eigenvalue weighted by Gasteiger charge is -2.05. The van der Waals surface area contributed by atoms with Crippen LogP contribution in [0.5, 0.6) is 0 Å². The normalized spacial score (nSPS) is 9.86. The van der Waals surface area contributed by atoms with Crippen LogP contribution in [0.1, 0.15) is 19.4 Å². The summed E-state index contributed by atoms with van der Waals surface area (Å²) < 4.78 is 0. The van der Waals surface area contributed by atoms with E-state index >= 15 is 0 Å². The summed E-state index contributed by atoms with van der Waals surface area (Å²) in [6, 6.07) is 8.38. The summed E-state index contributed by atoms with van der Waals surface area (Å²) in [5, 5.41) is 3.14. The molecule has 0 aliphatic rings. The Morgan fingerprint density at radius 2 is 1.93 bits per heavy atom. The first kappa shape index (κ1) is 11.5. The molecule has 1 aromatic rings. The second-order valence-electron chi connectivity index (χ2n) is 2.82. The van der Waals surface area contributed by atoms with Crippen LogP contribution in [0.4, 0.5) is 0 Å². The van der Waals surface area contributed by atoms with Gasteiger partial charge in [-0.1, -0.05) is 31.3 Å². The summed E-state index contributed by atoms with van der Waals surface area (Å²) in [4.78, 5) is 2.14. The summed E-state index contributed by atoms with van der Waals surface area (Å²) in [6.07, 6.45) is 0. The van der Waals surface area contributed by atoms with Gasteiger partial charge in [-0.05, 0) is 24.8 Å². The minimum Gasteiger partial charge on any atom is -0.376 e. The van der Waals surface area contributed by atoms with Crippen LogP contribution in [-0.4, -0.2) is 17.3 Å². The van der Waals surface area contributed by atoms with Gasteiger partial charge in [-0.25, -0.2) is 0 Å². The van der Waals surface area contributed by atoms with Gasteiger partial charge < -0.3 is 5.32 Å². The lowest BCUT2D eigenvalue weighted by molar-refractivity contribution is 0.982. The zero-order valence-corrected chi connectivity index (χ0v) is 10.2. The molecule has 0 aromatic heterocycles. The van der Waals surface area contributed by atoms with E-state index in [1.54, 1.807) is 0 Å². The molecule has 0 aliphatic heterocycles. The lowest BCUT2D eigenvalue weighted by Crippen LogP contribution is -2.21. The monoisotopic (exact) mass is 225 g/mol. The molecule has 0 aliphatic carbocycles. The fraction of sp³-hybridized carbons (Fsp3) is 0.364. The molecule has 0 bridgehead atoms. The molecule has 0 unspecified atom stereocenters. The molecule has 0 spiro atoms. The van der Waals surface area contributed by atoms with Crippen LogP contribution >= 0.6 is 24.0 Å². The van der Waals surface area contributed by atoms with Gasteiger partial charge in [0, 0.05) is 17.0 Å². The van der Waals surface area contributed by atoms with Crippen LogP contribution in [0, 0.1) is 0 Å². The van der Waals surface area contributed by atoms with Crippen molar-refractivity contribution in [1.82, 2.24) is 5.32 Å². The van der Waals surface area contributed by atoms with Gasteiger partial charge in [0.15, 0.2) is 0 Å². The molecule has 0 atom stereocenters. The molecule has 0 heterocycles. The van der Waals surface area contributed by atoms with Crippen molar-refractivity contribution in [2.45, 2.75) is 18.7 Å². The number of benzene rings is 1. The van der Waals surface area contributed by atoms with Crippen LogP contribution in [0.3, 0.4) is 0 Å². The SMILES string of the molecule is CCNC(=S)c1ccc(SCC)cc1. The van der Waals surface area contributed by atoms with E-state index in [0.29, 0.717) is 0 Å². The lowest BCUT2D eigenvalue weighted by atomic mass is 10.2. The summed E-state index contributed by atoms with van der Waals surface area (Å²) in [6.45, 7) is 5.08. The molecule has 0 amide bonds. The van der Waals surface area contributed by atoms with E-state index in [2.05, 4.69) is 36.5 Å². The predicted molar refractivity (Wildman–Crippen MR) is 68.2 cm³/mol. The van der Waals surface area contributed by atoms with Crippen LogP contribution in [0.2, 0.25) is 0 Å². The highest BCUT2D eigenvalue weighted by Crippen LogP contribution is 2.17. The highest BCUT2D eigenvalue weighted by atomic mass is 32.2. The zero-order valence-electron chi connectivity index (χ0n) is 8.54. The van der Waals surface area contributed by atoms with E-state index in [4.69, 9.17) is 12.2 Å². The molecule has 3 heteroatoms. The molecule has 76 valence electrons. The molecule has 0 fully saturated rings. The second-order valence-corrected chi connectivity index (χ2v) is 4.56. The Kier molecular flexibility index (Phi) is 4.98. The molecule has 0 saturated heterocycles. The van der Waals surface area contributed by atoms with Crippen molar-refractivity contribution in [2.75, 3.05) is 12.3 Å². The Bertz CT molecular complexity index is 293. The summed E-state index contributed by atoms with van der Waals surface area (Å²) in [5.41, 5.74) is 1.10. The van der Waals surface area contributed by atoms with Crippen LogP contribution in [0.25, 0.3) is 0 Å². The standard InChI is InChI=1S/C11H15NS2/c1-3-12-11(13)9-5-7-10(8-6-9)14-4-2/h5-8H,3-4H2,1-2H3,(H,12,13). The Morgan fingerprint density at radius 3 is 2.43 bits per heavy atom. The van der Waals surface area contributed by atoms with Gasteiger partial charge in [-0.15, -0.1) is 11.8 Å². The van der Waals surface area contributed by atoms with Crippen molar-refractivity contribution in [3.8, 4) is 0 Å². The minimum atomic E-state index is 0.834. The van der Waals surface area contributed by atoms with Crippen LogP contribution in [0.15, 0.2) is 29.2 Å². The molecular formula is C11H15NS2. The van der Waals surface area contributed by atoms with Crippen molar-refractivity contribution in [1.29, 1.82) is 0 Å². The van der Waals surface area contributed by atoms with E-state index in [1.807, 2.05) is 18.7 Å². The topological polar surface area (TPSA) is 12.0 Å². The molecule has 0 saturated carbocycles. The Morgan fingerprint density at radius 1 is 1.29 bits per heavy atom. The quantitative estimate of drug-likeness (QED) is 0.625. The van der Waals surface area contributed by atoms with E-state index < -0.39 is 0 Å². The maximum absolute atomic E-state index is 5.21. The smallest absolute Gasteiger partial charge is 0.106 e. The van der Waals surface area contributed by atoms with Gasteiger partial charge in [0.1, 0.15) is 4.99 Å². The number of nitrogens with one attached hydrogen (secondary N) is 1. The summed E-state index contributed by atoms with van der Waals surface area (Å²) in [5.74, 6) is 1.11. The number of thioether (sulfide) groups is 1. The highest BCUT2D eigenvalue weighted by molar-refractivity contribution is 7.99. The number of thiocarbonyl (C=S) groups is 1. The van der Waals surface area contributed by atoms with E-state index in [9.17, 15) is 0 Å². The zero-order chi connectivity index (χ0) is 10.4. The van der Waals surface area contributed by atoms with Crippen molar-refractivity contribution in [2.24, 2.45) is 0 Å². The summed E-state index contributed by atoms with van der Waals surface area (Å²) >= 11 is 7.06. The molecule has 1 N–H and O–H groups in total. The Hall–Kier alpha value is -0.540. The first-order valence-corrected chi connectivity index (χ1v) is 6.18. The third kappa shape index (κ3) is 3.31. The van der Waals surface area contributed by atoms with E-state index in [1.165, 1.54) is 4.90 Å². The number of rotatable bonds is 4. The van der Waals surface area contributed by atoms with Gasteiger partial charge in [0.2, 0.25) is 0 Å². The first-order valence-electron chi connectivity index (χ1n) is 4.79. The van der Waals surface area contributed by atoms with Crippen LogP contribution in [-0.2, 0) is 0 Å². The Balaban J connectivity index is 2.67. The largest absolute Gasteiger partial charge is 0.376 e. The van der Waals surface area contributed by atoms with Gasteiger partial charge in [0.25, 0.3) is 0 Å². The molecule has 14 heavy (non-hydrogen) atoms. The minimum absolute atomic E-state index is 0.834. The third-order valence-electron chi connectivity index (χ3n) is 1.76. The predicted octanol–water partition coefficient (Wildman–Crippen LogP) is 3.08. The summed E-state index contributed by atoms with van der Waals surface area (Å²) in [7, 11) is 0. The molecule has 1 rings (SSSR count). The third-order valence-corrected chi connectivity index (χ3v) is 3.04. The maximum atomic E-state index is 5.21. The number of hydrogen-bond acceptors (Lipinski definition) is 2. The van der Waals surface area contributed by atoms with Gasteiger partial charge in [-0.2, -0.15) is 0 Å². The molecule has 1 aromatic carbocycles. The average Bonchev–Trinajstić information content (AvgIpc) is 2.20. The van der Waals surface area contributed by atoms with Gasteiger partial charge in [-0.3, -0.25) is 0 Å². The molecule has 1 nitrogen and oxygen atoms in total. The van der Waals surface area contributed by atoms with Crippen molar-refractivity contribution < 1.29 is 0 Å². The van der Waals surface area contributed by atoms with E-state index in [0.717, 1.165) is 22.8 Å². The van der Waals surface area contributed by atoms with Crippen molar-refractivity contribution in [3.63, 3.8) is 0 Å². The highest BCUT2D eigenvalue weighted by Gasteiger charge is 1.98. The first-order chi connectivity index (χ1) is 6.77. The van der Waals surface area contributed by atoms with Gasteiger partial charge >= 0.3 is 0 Å². The fourth-order valence-electron chi connectivity index (χ4n) is 1.13. The van der Waals surface area contributed by atoms with Gasteiger partial charge in [0.05, 0.1) is 0 Å². The molecular weight excluding hydrogens is 210 g/mol. The average molecular weight is 225 g/mol. The fourth-order valence-corrected chi connectivity index (χ4v) is 2.07. The maximum Gasteiger partial charge on any atom is 0.106 e. The van der Waals surface area contributed by atoms with Crippen molar-refractivity contribution >= 4 is 29.0 Å². The van der Waals surface area contributed by atoms with Crippen LogP contribution < -0.4 is 5.32 Å². The number of hydrogen-bond donors (Lipinski definition) is 1. The Labute approximate surface area is 95.3 Å². The molecule has 0 radical (unpaired) electrons. The van der Waals surface area contributed by atoms with E-state index in [-0.39, 0.29) is 0 Å².